The van der Waals surface area contributed by atoms with Gasteiger partial charge in [-0.25, -0.2) is 4.79 Å². The molecule has 17 heavy (non-hydrogen) atoms. The van der Waals surface area contributed by atoms with Crippen molar-refractivity contribution in [2.75, 3.05) is 6.73 Å². The van der Waals surface area contributed by atoms with Crippen LogP contribution >= 0.6 is 0 Å². The lowest BCUT2D eigenvalue weighted by Crippen LogP contribution is -2.39. The molecule has 0 aliphatic rings. The number of carboxylic acid groups (broad SMARTS) is 1. The molecule has 0 bridgehead atoms. The van der Waals surface area contributed by atoms with Gasteiger partial charge < -0.3 is 15.6 Å². The lowest BCUT2D eigenvalue weighted by atomic mass is 10.1. The van der Waals surface area contributed by atoms with E-state index >= 15 is 0 Å². The van der Waals surface area contributed by atoms with Crippen molar-refractivity contribution in [2.24, 2.45) is 5.73 Å². The normalized spacial score (nSPS) is 11.6. The Kier molecular flexibility index (Phi) is 6.57. The average Bonchev–Trinajstić information content (AvgIpc) is 2.21. The fraction of sp³-hybridized carbons (Fsp3) is 0.500. The van der Waals surface area contributed by atoms with Gasteiger partial charge in [-0.3, -0.25) is 14.9 Å². The summed E-state index contributed by atoms with van der Waals surface area (Å²) >= 11 is 0. The third-order valence-electron chi connectivity index (χ3n) is 1.86. The van der Waals surface area contributed by atoms with Gasteiger partial charge in [-0.1, -0.05) is 6.58 Å². The lowest BCUT2D eigenvalue weighted by Gasteiger charge is -2.13. The van der Waals surface area contributed by atoms with Crippen molar-refractivity contribution in [3.05, 3.63) is 12.2 Å². The van der Waals surface area contributed by atoms with Crippen LogP contribution in [-0.4, -0.2) is 35.7 Å². The third-order valence-corrected chi connectivity index (χ3v) is 1.86. The number of ether oxygens (including phenoxy) is 1. The van der Waals surface area contributed by atoms with Gasteiger partial charge in [0.25, 0.3) is 0 Å². The average molecular weight is 244 g/mol. The zero-order valence-corrected chi connectivity index (χ0v) is 9.56. The maximum absolute atomic E-state index is 11.0. The zero-order valence-electron chi connectivity index (χ0n) is 9.56. The molecule has 96 valence electrons. The van der Waals surface area contributed by atoms with Crippen LogP contribution in [0.25, 0.3) is 0 Å². The number of amides is 1. The molecule has 0 aromatic rings. The number of carbonyl (C=O) groups excluding carboxylic acids is 2. The van der Waals surface area contributed by atoms with Gasteiger partial charge in [0.15, 0.2) is 0 Å². The summed E-state index contributed by atoms with van der Waals surface area (Å²) in [5.74, 6) is -2.34. The minimum absolute atomic E-state index is 0.0370. The third kappa shape index (κ3) is 7.07. The molecule has 0 spiro atoms. The fourth-order valence-corrected chi connectivity index (χ4v) is 0.930. The molecule has 0 aromatic carbocycles. The summed E-state index contributed by atoms with van der Waals surface area (Å²) in [5, 5.41) is 11.3. The molecule has 1 atom stereocenters. The van der Waals surface area contributed by atoms with Crippen LogP contribution in [0.3, 0.4) is 0 Å². The predicted molar refractivity (Wildman–Crippen MR) is 58.8 cm³/mol. The first-order valence-electron chi connectivity index (χ1n) is 4.91. The summed E-state index contributed by atoms with van der Waals surface area (Å²) in [7, 11) is 0. The molecule has 0 heterocycles. The number of primary amides is 1. The van der Waals surface area contributed by atoms with Crippen LogP contribution in [0.5, 0.6) is 0 Å². The molecule has 0 unspecified atom stereocenters. The molecule has 0 aliphatic heterocycles. The molecule has 0 rings (SSSR count). The summed E-state index contributed by atoms with van der Waals surface area (Å²) in [5.41, 5.74) is 5.12. The molecule has 0 aliphatic carbocycles. The van der Waals surface area contributed by atoms with Crippen molar-refractivity contribution in [2.45, 2.75) is 25.8 Å². The first kappa shape index (κ1) is 15.1. The second kappa shape index (κ2) is 7.39. The number of hydrogen-bond donors (Lipinski definition) is 3. The van der Waals surface area contributed by atoms with Gasteiger partial charge in [-0.15, -0.1) is 0 Å². The van der Waals surface area contributed by atoms with Crippen molar-refractivity contribution < 1.29 is 24.2 Å². The first-order valence-corrected chi connectivity index (χ1v) is 4.91. The SMILES string of the molecule is C=C(C)C(=O)OCN[C@@H](CCC(N)=O)C(=O)O. The van der Waals surface area contributed by atoms with E-state index in [9.17, 15) is 14.4 Å². The summed E-state index contributed by atoms with van der Waals surface area (Å²) in [4.78, 5) is 32.2. The maximum Gasteiger partial charge on any atom is 0.334 e. The van der Waals surface area contributed by atoms with E-state index in [1.165, 1.54) is 6.92 Å². The van der Waals surface area contributed by atoms with E-state index in [-0.39, 0.29) is 25.1 Å². The second-order valence-corrected chi connectivity index (χ2v) is 3.46. The number of carbonyl (C=O) groups is 3. The lowest BCUT2D eigenvalue weighted by molar-refractivity contribution is -0.144. The van der Waals surface area contributed by atoms with Gasteiger partial charge in [-0.2, -0.15) is 0 Å². The molecule has 0 saturated heterocycles. The first-order chi connectivity index (χ1) is 7.84. The minimum Gasteiger partial charge on any atom is -0.480 e. The van der Waals surface area contributed by atoms with Crippen LogP contribution in [0.4, 0.5) is 0 Å². The summed E-state index contributed by atoms with van der Waals surface area (Å²) in [6, 6.07) is -0.986. The second-order valence-electron chi connectivity index (χ2n) is 3.46. The van der Waals surface area contributed by atoms with E-state index < -0.39 is 23.9 Å². The monoisotopic (exact) mass is 244 g/mol. The fourth-order valence-electron chi connectivity index (χ4n) is 0.930. The summed E-state index contributed by atoms with van der Waals surface area (Å²) in [6.07, 6.45) is -0.0202. The van der Waals surface area contributed by atoms with Crippen LogP contribution < -0.4 is 11.1 Å². The van der Waals surface area contributed by atoms with Gasteiger partial charge in [-0.05, 0) is 13.3 Å². The van der Waals surface area contributed by atoms with Gasteiger partial charge >= 0.3 is 11.9 Å². The largest absolute Gasteiger partial charge is 0.480 e. The standard InChI is InChI=1S/C10H16N2O5/c1-6(2)10(16)17-5-12-7(9(14)15)3-4-8(11)13/h7,12H,1,3-5H2,2H3,(H2,11,13)(H,14,15)/t7-/m0/s1. The van der Waals surface area contributed by atoms with Crippen molar-refractivity contribution in [1.82, 2.24) is 5.32 Å². The molecule has 0 fully saturated rings. The van der Waals surface area contributed by atoms with Crippen LogP contribution in [0.15, 0.2) is 12.2 Å². The molecule has 1 amide bonds. The number of rotatable bonds is 8. The Morgan fingerprint density at radius 1 is 1.47 bits per heavy atom. The number of hydrogen-bond acceptors (Lipinski definition) is 5. The Balaban J connectivity index is 4.01. The highest BCUT2D eigenvalue weighted by Crippen LogP contribution is 1.98. The highest BCUT2D eigenvalue weighted by Gasteiger charge is 2.17. The predicted octanol–water partition coefficient (Wildman–Crippen LogP) is -0.628. The van der Waals surface area contributed by atoms with Crippen LogP contribution in [0, 0.1) is 0 Å². The number of aliphatic carboxylic acids is 1. The molecule has 7 heteroatoms. The van der Waals surface area contributed by atoms with Gasteiger partial charge in [0, 0.05) is 12.0 Å². The van der Waals surface area contributed by atoms with Crippen molar-refractivity contribution in [3.63, 3.8) is 0 Å². The van der Waals surface area contributed by atoms with E-state index in [4.69, 9.17) is 10.8 Å². The highest BCUT2D eigenvalue weighted by molar-refractivity contribution is 5.86. The maximum atomic E-state index is 11.0. The zero-order chi connectivity index (χ0) is 13.4. The van der Waals surface area contributed by atoms with E-state index in [0.29, 0.717) is 0 Å². The minimum atomic E-state index is -1.14. The van der Waals surface area contributed by atoms with Crippen molar-refractivity contribution >= 4 is 17.8 Å². The Bertz CT molecular complexity index is 327. The Hall–Kier alpha value is -1.89. The van der Waals surface area contributed by atoms with E-state index in [1.807, 2.05) is 0 Å². The summed E-state index contributed by atoms with van der Waals surface area (Å²) < 4.78 is 4.66. The smallest absolute Gasteiger partial charge is 0.334 e. The number of carboxylic acids is 1. The molecular formula is C10H16N2O5. The topological polar surface area (TPSA) is 119 Å². The van der Waals surface area contributed by atoms with E-state index in [0.717, 1.165) is 0 Å². The Labute approximate surface area is 98.6 Å². The van der Waals surface area contributed by atoms with E-state index in [2.05, 4.69) is 16.6 Å². The van der Waals surface area contributed by atoms with Gasteiger partial charge in [0.05, 0.1) is 0 Å². The van der Waals surface area contributed by atoms with Crippen LogP contribution in [0.2, 0.25) is 0 Å². The molecule has 0 saturated carbocycles. The van der Waals surface area contributed by atoms with Crippen LogP contribution in [-0.2, 0) is 19.1 Å². The van der Waals surface area contributed by atoms with Crippen molar-refractivity contribution in [3.8, 4) is 0 Å². The van der Waals surface area contributed by atoms with E-state index in [1.54, 1.807) is 0 Å². The van der Waals surface area contributed by atoms with Crippen molar-refractivity contribution in [1.29, 1.82) is 0 Å². The van der Waals surface area contributed by atoms with Gasteiger partial charge in [0.1, 0.15) is 12.8 Å². The van der Waals surface area contributed by atoms with Crippen LogP contribution in [0.1, 0.15) is 19.8 Å². The molecule has 7 nitrogen and oxygen atoms in total. The number of nitrogens with one attached hydrogen (secondary N) is 1. The quantitative estimate of drug-likeness (QED) is 0.297. The van der Waals surface area contributed by atoms with Gasteiger partial charge in [0.2, 0.25) is 5.91 Å². The molecule has 0 radical (unpaired) electrons. The highest BCUT2D eigenvalue weighted by atomic mass is 16.5. The Morgan fingerprint density at radius 2 is 2.06 bits per heavy atom. The molecule has 4 N–H and O–H groups in total. The number of nitrogens with two attached hydrogens (primary N) is 1. The number of esters is 1. The summed E-state index contributed by atoms with van der Waals surface area (Å²) in [6.45, 7) is 4.58. The Morgan fingerprint density at radius 3 is 2.47 bits per heavy atom. The molecular weight excluding hydrogens is 228 g/mol. The molecule has 0 aromatic heterocycles.